The van der Waals surface area contributed by atoms with Crippen LogP contribution in [0.15, 0.2) is 53.3 Å². The molecule has 3 aromatic heterocycles. The summed E-state index contributed by atoms with van der Waals surface area (Å²) in [6.07, 6.45) is 8.76. The molecule has 0 atom stereocenters. The van der Waals surface area contributed by atoms with E-state index in [4.69, 9.17) is 5.21 Å². The highest BCUT2D eigenvalue weighted by atomic mass is 32.2. The van der Waals surface area contributed by atoms with E-state index in [1.54, 1.807) is 36.1 Å². The van der Waals surface area contributed by atoms with E-state index in [1.165, 1.54) is 23.9 Å². The lowest BCUT2D eigenvalue weighted by atomic mass is 10.3. The fraction of sp³-hybridized carbons (Fsp3) is 0.0667. The molecular weight excluding hydrogens is 364 g/mol. The molecule has 8 nitrogen and oxygen atoms in total. The van der Waals surface area contributed by atoms with Crippen molar-refractivity contribution in [2.75, 3.05) is 0 Å². The summed E-state index contributed by atoms with van der Waals surface area (Å²) in [7, 11) is -1.93. The summed E-state index contributed by atoms with van der Waals surface area (Å²) in [6.45, 7) is 0. The third-order valence-corrected chi connectivity index (χ3v) is 6.57. The molecule has 0 saturated heterocycles. The van der Waals surface area contributed by atoms with Gasteiger partial charge in [0, 0.05) is 42.2 Å². The van der Waals surface area contributed by atoms with Crippen LogP contribution in [0.5, 0.6) is 0 Å². The van der Waals surface area contributed by atoms with Gasteiger partial charge in [0.05, 0.1) is 6.20 Å². The predicted octanol–water partition coefficient (Wildman–Crippen LogP) is 1.71. The van der Waals surface area contributed by atoms with Gasteiger partial charge >= 0.3 is 0 Å². The van der Waals surface area contributed by atoms with Crippen molar-refractivity contribution in [3.63, 3.8) is 0 Å². The highest BCUT2D eigenvalue weighted by Crippen LogP contribution is 2.31. The van der Waals surface area contributed by atoms with Crippen LogP contribution in [-0.2, 0) is 21.9 Å². The minimum absolute atomic E-state index is 0.200. The Morgan fingerprint density at radius 2 is 2.12 bits per heavy atom. The van der Waals surface area contributed by atoms with Gasteiger partial charge in [0.15, 0.2) is 0 Å². The van der Waals surface area contributed by atoms with E-state index in [9.17, 15) is 13.2 Å². The first kappa shape index (κ1) is 17.1. The van der Waals surface area contributed by atoms with Crippen LogP contribution in [-0.4, -0.2) is 33.3 Å². The highest BCUT2D eigenvalue weighted by molar-refractivity contribution is 7.92. The Morgan fingerprint density at radius 1 is 1.32 bits per heavy atom. The Bertz CT molecular complexity index is 1040. The number of thiophene rings is 1. The molecule has 0 radical (unpaired) electrons. The second-order valence-electron chi connectivity index (χ2n) is 5.11. The summed E-state index contributed by atoms with van der Waals surface area (Å²) in [4.78, 5) is 11.8. The molecule has 130 valence electrons. The maximum absolute atomic E-state index is 12.7. The van der Waals surface area contributed by atoms with Crippen LogP contribution < -0.4 is 5.48 Å². The van der Waals surface area contributed by atoms with Gasteiger partial charge in [-0.1, -0.05) is 0 Å². The number of hydrogen-bond donors (Lipinski definition) is 2. The molecule has 0 aliphatic heterocycles. The SMILES string of the molecule is Cn1cc(-c2ccc(S(=O)(=O)n3ccc(/C=C/C(=O)NO)c3)s2)cn1. The number of aromatic nitrogens is 3. The van der Waals surface area contributed by atoms with Crippen molar-refractivity contribution in [1.29, 1.82) is 0 Å². The van der Waals surface area contributed by atoms with Crippen molar-refractivity contribution in [3.8, 4) is 10.4 Å². The van der Waals surface area contributed by atoms with Crippen LogP contribution >= 0.6 is 11.3 Å². The molecule has 3 aromatic rings. The number of hydroxylamine groups is 1. The van der Waals surface area contributed by atoms with Crippen LogP contribution in [0.25, 0.3) is 16.5 Å². The molecule has 2 N–H and O–H groups in total. The third kappa shape index (κ3) is 3.55. The van der Waals surface area contributed by atoms with Crippen LogP contribution in [0.2, 0.25) is 0 Å². The number of amides is 1. The van der Waals surface area contributed by atoms with Crippen molar-refractivity contribution in [3.05, 3.63) is 54.6 Å². The Balaban J connectivity index is 1.87. The largest absolute Gasteiger partial charge is 0.288 e. The van der Waals surface area contributed by atoms with Gasteiger partial charge in [0.1, 0.15) is 4.21 Å². The fourth-order valence-corrected chi connectivity index (χ4v) is 4.71. The zero-order valence-electron chi connectivity index (χ0n) is 13.0. The standard InChI is InChI=1S/C15H14N4O4S2/c1-18-10-12(8-16-18)13-3-5-15(24-13)25(22,23)19-7-6-11(9-19)2-4-14(20)17-21/h2-10,21H,1H3,(H,17,20)/b4-2+. The molecule has 0 fully saturated rings. The lowest BCUT2D eigenvalue weighted by Gasteiger charge is -2.01. The Kier molecular flexibility index (Phi) is 4.57. The Hall–Kier alpha value is -2.69. The van der Waals surface area contributed by atoms with E-state index in [1.807, 2.05) is 6.20 Å². The highest BCUT2D eigenvalue weighted by Gasteiger charge is 2.19. The number of nitrogens with one attached hydrogen (secondary N) is 1. The summed E-state index contributed by atoms with van der Waals surface area (Å²) >= 11 is 1.15. The second-order valence-corrected chi connectivity index (χ2v) is 8.26. The fourth-order valence-electron chi connectivity index (χ4n) is 2.12. The van der Waals surface area contributed by atoms with E-state index in [-0.39, 0.29) is 4.21 Å². The molecule has 3 heterocycles. The Labute approximate surface area is 147 Å². The van der Waals surface area contributed by atoms with Gasteiger partial charge in [-0.2, -0.15) is 13.5 Å². The molecule has 10 heteroatoms. The van der Waals surface area contributed by atoms with E-state index in [2.05, 4.69) is 5.10 Å². The summed E-state index contributed by atoms with van der Waals surface area (Å²) < 4.78 is 28.3. The average molecular weight is 378 g/mol. The molecule has 0 saturated carbocycles. The van der Waals surface area contributed by atoms with Crippen molar-refractivity contribution in [2.45, 2.75) is 4.21 Å². The van der Waals surface area contributed by atoms with E-state index >= 15 is 0 Å². The van der Waals surface area contributed by atoms with Gasteiger partial charge in [-0.3, -0.25) is 14.7 Å². The van der Waals surface area contributed by atoms with Crippen molar-refractivity contribution in [2.24, 2.45) is 7.05 Å². The van der Waals surface area contributed by atoms with Crippen molar-refractivity contribution in [1.82, 2.24) is 19.2 Å². The van der Waals surface area contributed by atoms with Crippen LogP contribution in [0.4, 0.5) is 0 Å². The van der Waals surface area contributed by atoms with E-state index in [0.717, 1.165) is 31.8 Å². The quantitative estimate of drug-likeness (QED) is 0.399. The molecule has 0 spiro atoms. The monoisotopic (exact) mass is 378 g/mol. The number of nitrogens with zero attached hydrogens (tertiary/aromatic N) is 3. The maximum atomic E-state index is 12.7. The minimum Gasteiger partial charge on any atom is -0.288 e. The number of carbonyl (C=O) groups excluding carboxylic acids is 1. The van der Waals surface area contributed by atoms with Crippen LogP contribution in [0.1, 0.15) is 5.56 Å². The Morgan fingerprint density at radius 3 is 2.80 bits per heavy atom. The zero-order valence-corrected chi connectivity index (χ0v) is 14.7. The molecule has 0 bridgehead atoms. The van der Waals surface area contributed by atoms with Crippen LogP contribution in [0.3, 0.4) is 0 Å². The number of carbonyl (C=O) groups is 1. The lowest BCUT2D eigenvalue weighted by Crippen LogP contribution is -2.14. The summed E-state index contributed by atoms with van der Waals surface area (Å²) in [5, 5.41) is 12.5. The van der Waals surface area contributed by atoms with Gasteiger partial charge in [0.2, 0.25) is 0 Å². The maximum Gasteiger partial charge on any atom is 0.277 e. The van der Waals surface area contributed by atoms with E-state index in [0.29, 0.717) is 5.56 Å². The molecule has 0 aliphatic carbocycles. The smallest absolute Gasteiger partial charge is 0.277 e. The molecule has 0 unspecified atom stereocenters. The molecule has 3 rings (SSSR count). The number of hydrogen-bond acceptors (Lipinski definition) is 6. The van der Waals surface area contributed by atoms with E-state index < -0.39 is 15.9 Å². The first-order valence-corrected chi connectivity index (χ1v) is 9.30. The molecule has 1 amide bonds. The molecule has 25 heavy (non-hydrogen) atoms. The van der Waals surface area contributed by atoms with Crippen molar-refractivity contribution >= 4 is 33.3 Å². The van der Waals surface area contributed by atoms with Gasteiger partial charge in [-0.15, -0.1) is 11.3 Å². The summed E-state index contributed by atoms with van der Waals surface area (Å²) in [5.41, 5.74) is 2.82. The first-order chi connectivity index (χ1) is 11.9. The van der Waals surface area contributed by atoms with Crippen LogP contribution in [0, 0.1) is 0 Å². The predicted molar refractivity (Wildman–Crippen MR) is 92.5 cm³/mol. The minimum atomic E-state index is -3.72. The zero-order chi connectivity index (χ0) is 18.0. The van der Waals surface area contributed by atoms with Crippen molar-refractivity contribution < 1.29 is 18.4 Å². The summed E-state index contributed by atoms with van der Waals surface area (Å²) in [5.74, 6) is -0.699. The summed E-state index contributed by atoms with van der Waals surface area (Å²) in [6, 6.07) is 4.84. The molecule has 0 aliphatic rings. The topological polar surface area (TPSA) is 106 Å². The normalized spacial score (nSPS) is 11.9. The lowest BCUT2D eigenvalue weighted by molar-refractivity contribution is -0.124. The number of rotatable bonds is 5. The molecule has 0 aromatic carbocycles. The molecular formula is C15H14N4O4S2. The average Bonchev–Trinajstić information content (AvgIpc) is 3.32. The van der Waals surface area contributed by atoms with Gasteiger partial charge in [-0.05, 0) is 29.8 Å². The first-order valence-electron chi connectivity index (χ1n) is 7.05. The number of aryl methyl sites for hydroxylation is 1. The van der Waals surface area contributed by atoms with Gasteiger partial charge in [-0.25, -0.2) is 9.45 Å². The van der Waals surface area contributed by atoms with Gasteiger partial charge in [0.25, 0.3) is 15.9 Å². The second kappa shape index (κ2) is 6.67. The third-order valence-electron chi connectivity index (χ3n) is 3.33. The van der Waals surface area contributed by atoms with Gasteiger partial charge < -0.3 is 0 Å².